The van der Waals surface area contributed by atoms with Gasteiger partial charge in [0.15, 0.2) is 10.8 Å². The number of amides is 2. The number of nitrogens with zero attached hydrogens (tertiary/aromatic N) is 5. The predicted molar refractivity (Wildman–Crippen MR) is 142 cm³/mol. The number of benzene rings is 1. The van der Waals surface area contributed by atoms with Crippen LogP contribution in [0.15, 0.2) is 30.5 Å². The van der Waals surface area contributed by atoms with Gasteiger partial charge in [-0.3, -0.25) is 19.4 Å². The fourth-order valence-corrected chi connectivity index (χ4v) is 5.98. The first-order valence-electron chi connectivity index (χ1n) is 13.1. The molecule has 3 heterocycles. The molecule has 1 aromatic carbocycles. The van der Waals surface area contributed by atoms with Crippen molar-refractivity contribution in [3.05, 3.63) is 53.1 Å². The summed E-state index contributed by atoms with van der Waals surface area (Å²) in [6, 6.07) is 5.66. The van der Waals surface area contributed by atoms with E-state index in [1.54, 1.807) is 4.90 Å². The SMILES string of the molecule is N#Cc1ncc(N2C(=O)C3(CCC3)N(c3ccc(C(=O)NCCCN4CCC(F)(F)C4)c(F)c3)C2=S)cc1C(F)(F)F. The third kappa shape index (κ3) is 5.29. The Labute approximate surface area is 241 Å². The van der Waals surface area contributed by atoms with Crippen molar-refractivity contribution in [3.63, 3.8) is 0 Å². The van der Waals surface area contributed by atoms with Crippen LogP contribution in [0.1, 0.15) is 53.7 Å². The topological polar surface area (TPSA) is 92.6 Å². The van der Waals surface area contributed by atoms with E-state index in [4.69, 9.17) is 17.5 Å². The zero-order valence-electron chi connectivity index (χ0n) is 22.0. The molecule has 1 spiro atoms. The molecule has 15 heteroatoms. The molecule has 8 nitrogen and oxygen atoms in total. The number of pyridine rings is 1. The fourth-order valence-electron chi connectivity index (χ4n) is 5.51. The van der Waals surface area contributed by atoms with Crippen LogP contribution in [0.3, 0.4) is 0 Å². The molecule has 3 aliphatic rings. The third-order valence-corrected chi connectivity index (χ3v) is 8.14. The minimum absolute atomic E-state index is 0.136. The number of anilines is 2. The number of carbonyl (C=O) groups is 2. The molecule has 1 N–H and O–H groups in total. The standard InChI is InChI=1S/C27H24F6N6O2S/c28-20-12-16(3-4-18(20)22(40)35-8-2-9-37-10-7-26(29,30)15-37)39-24(42)38(23(41)25(39)5-1-6-25)17-11-19(27(31,32)33)21(13-34)36-14-17/h3-4,11-12,14H,1-2,5-10,15H2,(H,35,40). The summed E-state index contributed by atoms with van der Waals surface area (Å²) in [4.78, 5) is 33.6. The maximum absolute atomic E-state index is 15.2. The van der Waals surface area contributed by atoms with Crippen LogP contribution >= 0.6 is 12.2 Å². The lowest BCUT2D eigenvalue weighted by atomic mass is 9.75. The lowest BCUT2D eigenvalue weighted by molar-refractivity contribution is -0.138. The van der Waals surface area contributed by atoms with Gasteiger partial charge in [0.1, 0.15) is 17.4 Å². The molecule has 1 saturated carbocycles. The quantitative estimate of drug-likeness (QED) is 0.278. The summed E-state index contributed by atoms with van der Waals surface area (Å²) in [6.45, 7) is 0.433. The molecule has 0 radical (unpaired) electrons. The van der Waals surface area contributed by atoms with Gasteiger partial charge in [-0.1, -0.05) is 0 Å². The van der Waals surface area contributed by atoms with Gasteiger partial charge in [-0.15, -0.1) is 0 Å². The van der Waals surface area contributed by atoms with Crippen molar-refractivity contribution in [1.29, 1.82) is 5.26 Å². The monoisotopic (exact) mass is 610 g/mol. The van der Waals surface area contributed by atoms with Gasteiger partial charge in [0.2, 0.25) is 0 Å². The summed E-state index contributed by atoms with van der Waals surface area (Å²) in [7, 11) is 0. The molecule has 0 unspecified atom stereocenters. The van der Waals surface area contributed by atoms with Crippen molar-refractivity contribution in [2.24, 2.45) is 0 Å². The van der Waals surface area contributed by atoms with Crippen molar-refractivity contribution >= 4 is 40.5 Å². The lowest BCUT2D eigenvalue weighted by Crippen LogP contribution is -2.55. The fraction of sp³-hybridized carbons (Fsp3) is 0.444. The normalized spacial score (nSPS) is 19.7. The highest BCUT2D eigenvalue weighted by Crippen LogP contribution is 2.48. The van der Waals surface area contributed by atoms with Gasteiger partial charge < -0.3 is 10.2 Å². The summed E-state index contributed by atoms with van der Waals surface area (Å²) >= 11 is 5.51. The first-order valence-corrected chi connectivity index (χ1v) is 13.5. The average molecular weight is 611 g/mol. The van der Waals surface area contributed by atoms with E-state index in [1.165, 1.54) is 23.1 Å². The van der Waals surface area contributed by atoms with E-state index in [9.17, 15) is 31.5 Å². The Kier molecular flexibility index (Phi) is 7.65. The highest BCUT2D eigenvalue weighted by atomic mass is 32.1. The second-order valence-electron chi connectivity index (χ2n) is 10.5. The number of nitriles is 1. The number of thiocarbonyl (C=S) groups is 1. The van der Waals surface area contributed by atoms with E-state index in [0.29, 0.717) is 38.3 Å². The first-order chi connectivity index (χ1) is 19.8. The van der Waals surface area contributed by atoms with Crippen LogP contribution in [-0.4, -0.2) is 64.5 Å². The van der Waals surface area contributed by atoms with E-state index in [-0.39, 0.29) is 48.1 Å². The molecule has 2 aromatic rings. The van der Waals surface area contributed by atoms with Crippen molar-refractivity contribution in [2.75, 3.05) is 36.0 Å². The Balaban J connectivity index is 1.33. The Morgan fingerprint density at radius 1 is 1.17 bits per heavy atom. The van der Waals surface area contributed by atoms with Gasteiger partial charge in [-0.25, -0.2) is 18.2 Å². The smallest absolute Gasteiger partial charge is 0.352 e. The van der Waals surface area contributed by atoms with Gasteiger partial charge in [-0.05, 0) is 62.2 Å². The molecule has 5 rings (SSSR count). The highest BCUT2D eigenvalue weighted by Gasteiger charge is 2.60. The van der Waals surface area contributed by atoms with Crippen LogP contribution in [0.2, 0.25) is 0 Å². The van der Waals surface area contributed by atoms with Crippen LogP contribution in [0.25, 0.3) is 0 Å². The van der Waals surface area contributed by atoms with Crippen molar-refractivity contribution in [1.82, 2.24) is 15.2 Å². The minimum Gasteiger partial charge on any atom is -0.352 e. The van der Waals surface area contributed by atoms with Gasteiger partial charge >= 0.3 is 6.18 Å². The van der Waals surface area contributed by atoms with Crippen LogP contribution in [0, 0.1) is 17.1 Å². The van der Waals surface area contributed by atoms with E-state index in [2.05, 4.69) is 10.3 Å². The second kappa shape index (κ2) is 10.8. The summed E-state index contributed by atoms with van der Waals surface area (Å²) in [5, 5.41) is 11.4. The summed E-state index contributed by atoms with van der Waals surface area (Å²) in [5.74, 6) is -4.94. The largest absolute Gasteiger partial charge is 0.419 e. The van der Waals surface area contributed by atoms with E-state index in [1.807, 2.05) is 0 Å². The van der Waals surface area contributed by atoms with E-state index in [0.717, 1.165) is 17.2 Å². The summed E-state index contributed by atoms with van der Waals surface area (Å²) in [5.41, 5.74) is -3.84. The molecule has 0 atom stereocenters. The number of hydrogen-bond donors (Lipinski definition) is 1. The number of rotatable bonds is 7. The van der Waals surface area contributed by atoms with Crippen LogP contribution < -0.4 is 15.1 Å². The third-order valence-electron chi connectivity index (χ3n) is 7.78. The Bertz CT molecular complexity index is 1490. The molecular formula is C27H24F6N6O2S. The van der Waals surface area contributed by atoms with Crippen LogP contribution in [0.5, 0.6) is 0 Å². The summed E-state index contributed by atoms with van der Waals surface area (Å²) in [6.07, 6.45) is -2.52. The van der Waals surface area contributed by atoms with E-state index < -0.39 is 46.5 Å². The number of hydrogen-bond acceptors (Lipinski definition) is 6. The van der Waals surface area contributed by atoms with Crippen molar-refractivity contribution in [2.45, 2.75) is 49.7 Å². The van der Waals surface area contributed by atoms with Crippen LogP contribution in [-0.2, 0) is 11.0 Å². The predicted octanol–water partition coefficient (Wildman–Crippen LogP) is 4.63. The van der Waals surface area contributed by atoms with Gasteiger partial charge in [0.25, 0.3) is 17.7 Å². The molecule has 3 fully saturated rings. The molecule has 0 bridgehead atoms. The summed E-state index contributed by atoms with van der Waals surface area (Å²) < 4.78 is 82.5. The Morgan fingerprint density at radius 3 is 2.48 bits per heavy atom. The lowest BCUT2D eigenvalue weighted by Gasteiger charge is -2.43. The highest BCUT2D eigenvalue weighted by molar-refractivity contribution is 7.81. The van der Waals surface area contributed by atoms with Gasteiger partial charge in [0, 0.05) is 31.7 Å². The number of carbonyl (C=O) groups excluding carboxylic acids is 2. The molecule has 2 aliphatic heterocycles. The molecule has 1 aromatic heterocycles. The maximum atomic E-state index is 15.2. The number of aromatic nitrogens is 1. The van der Waals surface area contributed by atoms with Gasteiger partial charge in [0.05, 0.1) is 29.6 Å². The van der Waals surface area contributed by atoms with Gasteiger partial charge in [-0.2, -0.15) is 18.4 Å². The molecule has 2 amide bonds. The number of likely N-dealkylation sites (tertiary alicyclic amines) is 1. The molecule has 2 saturated heterocycles. The van der Waals surface area contributed by atoms with E-state index >= 15 is 4.39 Å². The number of halogens is 6. The first kappa shape index (κ1) is 29.7. The molecular weight excluding hydrogens is 586 g/mol. The molecule has 1 aliphatic carbocycles. The minimum atomic E-state index is -4.91. The second-order valence-corrected chi connectivity index (χ2v) is 10.9. The van der Waals surface area contributed by atoms with Crippen molar-refractivity contribution in [3.8, 4) is 6.07 Å². The maximum Gasteiger partial charge on any atom is 0.419 e. The molecule has 42 heavy (non-hydrogen) atoms. The molecule has 222 valence electrons. The number of nitrogens with one attached hydrogen (secondary N) is 1. The van der Waals surface area contributed by atoms with Crippen LogP contribution in [0.4, 0.5) is 37.7 Å². The zero-order chi connectivity index (χ0) is 30.4. The Morgan fingerprint density at radius 2 is 1.90 bits per heavy atom. The average Bonchev–Trinajstić information content (AvgIpc) is 3.37. The number of alkyl halides is 5. The Hall–Kier alpha value is -3.77. The van der Waals surface area contributed by atoms with Crippen molar-refractivity contribution < 1.29 is 35.9 Å². The zero-order valence-corrected chi connectivity index (χ0v) is 22.8.